The third kappa shape index (κ3) is 2.51. The third-order valence-electron chi connectivity index (χ3n) is 2.47. The molecule has 0 unspecified atom stereocenters. The second-order valence-electron chi connectivity index (χ2n) is 3.78. The van der Waals surface area contributed by atoms with E-state index < -0.39 is 0 Å². The lowest BCUT2D eigenvalue weighted by molar-refractivity contribution is 0.350. The molecular formula is C12H12ClN3O2. The molecule has 2 aromatic rings. The maximum atomic E-state index is 11.9. The minimum atomic E-state index is -0.174. The van der Waals surface area contributed by atoms with Crippen LogP contribution in [-0.4, -0.2) is 21.6 Å². The molecule has 18 heavy (non-hydrogen) atoms. The van der Waals surface area contributed by atoms with Gasteiger partial charge in [-0.25, -0.2) is 4.98 Å². The molecule has 6 heteroatoms. The molecule has 0 saturated heterocycles. The molecule has 0 radical (unpaired) electrons. The molecule has 0 N–H and O–H groups in total. The van der Waals surface area contributed by atoms with Crippen LogP contribution in [0.15, 0.2) is 29.3 Å². The summed E-state index contributed by atoms with van der Waals surface area (Å²) in [5.74, 6) is 0. The number of nitrogens with zero attached hydrogens (tertiary/aromatic N) is 3. The average molecular weight is 266 g/mol. The lowest BCUT2D eigenvalue weighted by Crippen LogP contribution is -2.23. The molecule has 5 nitrogen and oxygen atoms in total. The zero-order valence-electron chi connectivity index (χ0n) is 10.1. The Balaban J connectivity index is 2.47. The SMILES string of the molecule is COc1nc(C)cc(=O)n1Cc1ccncc1Cl. The third-order valence-corrected chi connectivity index (χ3v) is 2.81. The summed E-state index contributed by atoms with van der Waals surface area (Å²) in [7, 11) is 1.48. The summed E-state index contributed by atoms with van der Waals surface area (Å²) < 4.78 is 6.54. The van der Waals surface area contributed by atoms with Crippen LogP contribution in [0.3, 0.4) is 0 Å². The minimum Gasteiger partial charge on any atom is -0.468 e. The van der Waals surface area contributed by atoms with Crippen molar-refractivity contribution in [2.24, 2.45) is 0 Å². The number of ether oxygens (including phenoxy) is 1. The van der Waals surface area contributed by atoms with Crippen molar-refractivity contribution in [3.63, 3.8) is 0 Å². The van der Waals surface area contributed by atoms with E-state index in [0.29, 0.717) is 17.3 Å². The second kappa shape index (κ2) is 5.18. The Morgan fingerprint density at radius 2 is 2.28 bits per heavy atom. The Bertz CT molecular complexity index is 625. The molecule has 0 amide bonds. The van der Waals surface area contributed by atoms with E-state index in [1.807, 2.05) is 0 Å². The summed E-state index contributed by atoms with van der Waals surface area (Å²) in [5, 5.41) is 0.507. The van der Waals surface area contributed by atoms with Gasteiger partial charge >= 0.3 is 0 Å². The summed E-state index contributed by atoms with van der Waals surface area (Å²) in [5.41, 5.74) is 1.24. The van der Waals surface area contributed by atoms with Crippen LogP contribution in [0.1, 0.15) is 11.3 Å². The maximum Gasteiger partial charge on any atom is 0.299 e. The van der Waals surface area contributed by atoms with E-state index in [2.05, 4.69) is 9.97 Å². The maximum absolute atomic E-state index is 11.9. The number of halogens is 1. The van der Waals surface area contributed by atoms with Crippen LogP contribution in [0, 0.1) is 6.92 Å². The highest BCUT2D eigenvalue weighted by atomic mass is 35.5. The summed E-state index contributed by atoms with van der Waals surface area (Å²) in [6.45, 7) is 2.05. The Labute approximate surface area is 109 Å². The first kappa shape index (κ1) is 12.6. The fourth-order valence-electron chi connectivity index (χ4n) is 1.60. The van der Waals surface area contributed by atoms with Gasteiger partial charge in [0.1, 0.15) is 0 Å². The summed E-state index contributed by atoms with van der Waals surface area (Å²) >= 11 is 6.01. The van der Waals surface area contributed by atoms with Crippen molar-refractivity contribution < 1.29 is 4.74 Å². The monoisotopic (exact) mass is 265 g/mol. The fourth-order valence-corrected chi connectivity index (χ4v) is 1.78. The van der Waals surface area contributed by atoms with Crippen molar-refractivity contribution in [3.05, 3.63) is 51.2 Å². The van der Waals surface area contributed by atoms with Gasteiger partial charge in [-0.05, 0) is 18.6 Å². The predicted molar refractivity (Wildman–Crippen MR) is 68.1 cm³/mol. The van der Waals surface area contributed by atoms with Crippen LogP contribution in [0.4, 0.5) is 0 Å². The lowest BCUT2D eigenvalue weighted by atomic mass is 10.2. The molecule has 0 saturated carbocycles. The van der Waals surface area contributed by atoms with Crippen LogP contribution in [0.5, 0.6) is 6.01 Å². The number of pyridine rings is 1. The highest BCUT2D eigenvalue weighted by molar-refractivity contribution is 6.31. The average Bonchev–Trinajstić information content (AvgIpc) is 2.34. The largest absolute Gasteiger partial charge is 0.468 e. The van der Waals surface area contributed by atoms with Gasteiger partial charge in [-0.3, -0.25) is 14.3 Å². The minimum absolute atomic E-state index is 0.174. The van der Waals surface area contributed by atoms with Crippen molar-refractivity contribution in [1.29, 1.82) is 0 Å². The normalized spacial score (nSPS) is 10.4. The van der Waals surface area contributed by atoms with E-state index in [9.17, 15) is 4.79 Å². The van der Waals surface area contributed by atoms with Gasteiger partial charge in [0.25, 0.3) is 11.6 Å². The van der Waals surface area contributed by atoms with Gasteiger partial charge in [0, 0.05) is 24.2 Å². The van der Waals surface area contributed by atoms with Gasteiger partial charge in [-0.15, -0.1) is 0 Å². The summed E-state index contributed by atoms with van der Waals surface area (Å²) in [4.78, 5) is 20.0. The molecule has 0 spiro atoms. The van der Waals surface area contributed by atoms with Gasteiger partial charge in [0.2, 0.25) is 0 Å². The second-order valence-corrected chi connectivity index (χ2v) is 4.18. The number of methoxy groups -OCH3 is 1. The van der Waals surface area contributed by atoms with E-state index >= 15 is 0 Å². The van der Waals surface area contributed by atoms with E-state index in [1.165, 1.54) is 23.9 Å². The number of hydrogen-bond donors (Lipinski definition) is 0. The molecule has 2 aromatic heterocycles. The Kier molecular flexibility index (Phi) is 3.62. The Morgan fingerprint density at radius 3 is 2.94 bits per heavy atom. The molecule has 0 aliphatic carbocycles. The van der Waals surface area contributed by atoms with Gasteiger partial charge in [0.15, 0.2) is 0 Å². The zero-order chi connectivity index (χ0) is 13.1. The quantitative estimate of drug-likeness (QED) is 0.847. The number of hydrogen-bond acceptors (Lipinski definition) is 4. The van der Waals surface area contributed by atoms with E-state index in [0.717, 1.165) is 5.56 Å². The van der Waals surface area contributed by atoms with Crippen molar-refractivity contribution in [2.75, 3.05) is 7.11 Å². The first-order valence-corrected chi connectivity index (χ1v) is 5.70. The standard InChI is InChI=1S/C12H12ClN3O2/c1-8-5-11(17)16(12(15-8)18-2)7-9-3-4-14-6-10(9)13/h3-6H,7H2,1-2H3. The molecular weight excluding hydrogens is 254 g/mol. The van der Waals surface area contributed by atoms with Crippen molar-refractivity contribution >= 4 is 11.6 Å². The Hall–Kier alpha value is -1.88. The van der Waals surface area contributed by atoms with Crippen molar-refractivity contribution in [2.45, 2.75) is 13.5 Å². The summed E-state index contributed by atoms with van der Waals surface area (Å²) in [6, 6.07) is 3.49. The highest BCUT2D eigenvalue weighted by Gasteiger charge is 2.09. The number of rotatable bonds is 3. The van der Waals surface area contributed by atoms with Crippen LogP contribution < -0.4 is 10.3 Å². The molecule has 0 fully saturated rings. The molecule has 0 aromatic carbocycles. The molecule has 0 bridgehead atoms. The number of aromatic nitrogens is 3. The molecule has 94 valence electrons. The number of aryl methyl sites for hydroxylation is 1. The molecule has 0 aliphatic rings. The molecule has 0 atom stereocenters. The fraction of sp³-hybridized carbons (Fsp3) is 0.250. The molecule has 2 heterocycles. The highest BCUT2D eigenvalue weighted by Crippen LogP contribution is 2.16. The zero-order valence-corrected chi connectivity index (χ0v) is 10.8. The van der Waals surface area contributed by atoms with Crippen LogP contribution >= 0.6 is 11.6 Å². The first-order valence-electron chi connectivity index (χ1n) is 5.32. The van der Waals surface area contributed by atoms with Gasteiger partial charge in [-0.1, -0.05) is 11.6 Å². The van der Waals surface area contributed by atoms with Gasteiger partial charge in [0.05, 0.1) is 18.7 Å². The van der Waals surface area contributed by atoms with E-state index in [4.69, 9.17) is 16.3 Å². The molecule has 0 aliphatic heterocycles. The predicted octanol–water partition coefficient (Wildman–Crippen LogP) is 1.66. The van der Waals surface area contributed by atoms with Crippen LogP contribution in [0.2, 0.25) is 5.02 Å². The Morgan fingerprint density at radius 1 is 1.50 bits per heavy atom. The smallest absolute Gasteiger partial charge is 0.299 e. The molecule has 2 rings (SSSR count). The van der Waals surface area contributed by atoms with Crippen molar-refractivity contribution in [3.8, 4) is 6.01 Å². The van der Waals surface area contributed by atoms with Crippen molar-refractivity contribution in [1.82, 2.24) is 14.5 Å². The van der Waals surface area contributed by atoms with Crippen LogP contribution in [0.25, 0.3) is 0 Å². The van der Waals surface area contributed by atoms with E-state index in [1.54, 1.807) is 19.2 Å². The van der Waals surface area contributed by atoms with E-state index in [-0.39, 0.29) is 11.6 Å². The summed E-state index contributed by atoms with van der Waals surface area (Å²) in [6.07, 6.45) is 3.16. The van der Waals surface area contributed by atoms with Gasteiger partial charge < -0.3 is 4.74 Å². The first-order chi connectivity index (χ1) is 8.61. The van der Waals surface area contributed by atoms with Crippen LogP contribution in [-0.2, 0) is 6.54 Å². The topological polar surface area (TPSA) is 57.0 Å². The van der Waals surface area contributed by atoms with Gasteiger partial charge in [-0.2, -0.15) is 0 Å². The lowest BCUT2D eigenvalue weighted by Gasteiger charge is -2.11.